The van der Waals surface area contributed by atoms with Crippen LogP contribution in [-0.2, 0) is 4.74 Å². The Balaban J connectivity index is 1.56. The molecule has 1 spiro atoms. The van der Waals surface area contributed by atoms with Gasteiger partial charge < -0.3 is 24.8 Å². The number of urea groups is 1. The summed E-state index contributed by atoms with van der Waals surface area (Å²) in [7, 11) is 0. The number of carbonyl (C=O) groups is 1. The van der Waals surface area contributed by atoms with Crippen LogP contribution in [0.2, 0.25) is 0 Å². The van der Waals surface area contributed by atoms with Gasteiger partial charge in [-0.15, -0.1) is 0 Å². The normalized spacial score (nSPS) is 22.4. The number of likely N-dealkylation sites (tertiary alicyclic amines) is 1. The molecule has 0 aliphatic carbocycles. The third-order valence-corrected chi connectivity index (χ3v) is 4.85. The Morgan fingerprint density at radius 3 is 2.76 bits per heavy atom. The second kappa shape index (κ2) is 7.62. The topological polar surface area (TPSA) is 71.0 Å². The standard InChI is InChI=1S/C19H28N2O4/c1-14(2)12-24-17-6-4-3-5-16(17)20-18(23)21-9-7-19(8-10-21)11-15(22)13-25-19/h3-6,14-15,22H,7-13H2,1-2H3,(H,20,23)/t15-/m1/s1. The lowest BCUT2D eigenvalue weighted by Crippen LogP contribution is -2.48. The molecule has 0 unspecified atom stereocenters. The number of hydrogen-bond donors (Lipinski definition) is 2. The predicted octanol–water partition coefficient (Wildman–Crippen LogP) is 2.87. The zero-order valence-electron chi connectivity index (χ0n) is 15.0. The molecule has 138 valence electrons. The van der Waals surface area contributed by atoms with Crippen molar-refractivity contribution in [2.45, 2.75) is 44.8 Å². The highest BCUT2D eigenvalue weighted by Crippen LogP contribution is 2.36. The zero-order valence-corrected chi connectivity index (χ0v) is 15.0. The van der Waals surface area contributed by atoms with Gasteiger partial charge in [0.2, 0.25) is 0 Å². The van der Waals surface area contributed by atoms with Gasteiger partial charge in [0.05, 0.1) is 30.6 Å². The SMILES string of the molecule is CC(C)COc1ccccc1NC(=O)N1CCC2(CC1)C[C@@H](O)CO2. The summed E-state index contributed by atoms with van der Waals surface area (Å²) in [6.07, 6.45) is 1.84. The molecule has 1 aromatic rings. The summed E-state index contributed by atoms with van der Waals surface area (Å²) in [5.74, 6) is 1.11. The summed E-state index contributed by atoms with van der Waals surface area (Å²) >= 11 is 0. The molecule has 0 bridgehead atoms. The first-order valence-corrected chi connectivity index (χ1v) is 9.07. The van der Waals surface area contributed by atoms with Gasteiger partial charge in [-0.25, -0.2) is 4.79 Å². The van der Waals surface area contributed by atoms with Gasteiger partial charge in [0.25, 0.3) is 0 Å². The zero-order chi connectivity index (χ0) is 17.9. The molecule has 25 heavy (non-hydrogen) atoms. The molecule has 6 nitrogen and oxygen atoms in total. The largest absolute Gasteiger partial charge is 0.491 e. The molecule has 0 saturated carbocycles. The van der Waals surface area contributed by atoms with Crippen molar-refractivity contribution >= 4 is 11.7 Å². The Kier molecular flexibility index (Phi) is 5.49. The van der Waals surface area contributed by atoms with Gasteiger partial charge in [-0.2, -0.15) is 0 Å². The molecule has 1 atom stereocenters. The minimum Gasteiger partial charge on any atom is -0.491 e. The quantitative estimate of drug-likeness (QED) is 0.878. The second-order valence-electron chi connectivity index (χ2n) is 7.47. The van der Waals surface area contributed by atoms with Crippen molar-refractivity contribution < 1.29 is 19.4 Å². The van der Waals surface area contributed by atoms with Gasteiger partial charge in [-0.1, -0.05) is 26.0 Å². The maximum atomic E-state index is 12.6. The predicted molar refractivity (Wildman–Crippen MR) is 95.9 cm³/mol. The first-order valence-electron chi connectivity index (χ1n) is 9.07. The van der Waals surface area contributed by atoms with Crippen LogP contribution in [0.25, 0.3) is 0 Å². The fourth-order valence-corrected chi connectivity index (χ4v) is 3.43. The minimum atomic E-state index is -0.370. The number of amides is 2. The molecule has 2 N–H and O–H groups in total. The Hall–Kier alpha value is -1.79. The van der Waals surface area contributed by atoms with Gasteiger partial charge in [-0.3, -0.25) is 0 Å². The number of rotatable bonds is 4. The third kappa shape index (κ3) is 4.44. The van der Waals surface area contributed by atoms with Crippen molar-refractivity contribution in [1.29, 1.82) is 0 Å². The number of piperidine rings is 1. The van der Waals surface area contributed by atoms with E-state index in [9.17, 15) is 9.90 Å². The van der Waals surface area contributed by atoms with E-state index in [1.165, 1.54) is 0 Å². The van der Waals surface area contributed by atoms with Crippen LogP contribution in [0.1, 0.15) is 33.1 Å². The summed E-state index contributed by atoms with van der Waals surface area (Å²) in [4.78, 5) is 14.4. The Labute approximate surface area is 149 Å². The summed E-state index contributed by atoms with van der Waals surface area (Å²) in [5.41, 5.74) is 0.454. The average Bonchev–Trinajstić information content (AvgIpc) is 2.95. The number of aliphatic hydroxyl groups excluding tert-OH is 1. The Bertz CT molecular complexity index is 597. The van der Waals surface area contributed by atoms with Crippen molar-refractivity contribution in [1.82, 2.24) is 4.90 Å². The second-order valence-corrected chi connectivity index (χ2v) is 7.47. The Morgan fingerprint density at radius 2 is 2.12 bits per heavy atom. The molecule has 2 heterocycles. The number of nitrogens with one attached hydrogen (secondary N) is 1. The first kappa shape index (κ1) is 18.0. The number of aliphatic hydroxyl groups is 1. The maximum Gasteiger partial charge on any atom is 0.321 e. The van der Waals surface area contributed by atoms with E-state index < -0.39 is 0 Å². The van der Waals surface area contributed by atoms with Crippen molar-refractivity contribution in [2.75, 3.05) is 31.6 Å². The van der Waals surface area contributed by atoms with E-state index in [1.807, 2.05) is 24.3 Å². The highest BCUT2D eigenvalue weighted by atomic mass is 16.5. The molecule has 6 heteroatoms. The van der Waals surface area contributed by atoms with E-state index in [4.69, 9.17) is 9.47 Å². The van der Waals surface area contributed by atoms with Crippen molar-refractivity contribution in [3.8, 4) is 5.75 Å². The summed E-state index contributed by atoms with van der Waals surface area (Å²) < 4.78 is 11.6. The van der Waals surface area contributed by atoms with Crippen LogP contribution in [-0.4, -0.2) is 54.0 Å². The number of hydrogen-bond acceptors (Lipinski definition) is 4. The lowest BCUT2D eigenvalue weighted by atomic mass is 9.88. The molecule has 0 aromatic heterocycles. The molecule has 2 fully saturated rings. The Morgan fingerprint density at radius 1 is 1.40 bits per heavy atom. The van der Waals surface area contributed by atoms with Crippen LogP contribution >= 0.6 is 0 Å². The lowest BCUT2D eigenvalue weighted by molar-refractivity contribution is -0.0365. The monoisotopic (exact) mass is 348 g/mol. The van der Waals surface area contributed by atoms with E-state index >= 15 is 0 Å². The van der Waals surface area contributed by atoms with Gasteiger partial charge >= 0.3 is 6.03 Å². The van der Waals surface area contributed by atoms with Crippen LogP contribution in [0.3, 0.4) is 0 Å². The lowest BCUT2D eigenvalue weighted by Gasteiger charge is -2.38. The van der Waals surface area contributed by atoms with Crippen molar-refractivity contribution in [3.05, 3.63) is 24.3 Å². The summed E-state index contributed by atoms with van der Waals surface area (Å²) in [6, 6.07) is 7.40. The number of anilines is 1. The van der Waals surface area contributed by atoms with E-state index in [0.29, 0.717) is 50.1 Å². The van der Waals surface area contributed by atoms with Crippen LogP contribution in [0.15, 0.2) is 24.3 Å². The van der Waals surface area contributed by atoms with Gasteiger partial charge in [0.1, 0.15) is 5.75 Å². The van der Waals surface area contributed by atoms with Crippen molar-refractivity contribution in [2.24, 2.45) is 5.92 Å². The maximum absolute atomic E-state index is 12.6. The summed E-state index contributed by atoms with van der Waals surface area (Å²) in [5, 5.41) is 12.7. The number of nitrogens with zero attached hydrogens (tertiary/aromatic N) is 1. The van der Waals surface area contributed by atoms with E-state index in [-0.39, 0.29) is 17.7 Å². The van der Waals surface area contributed by atoms with E-state index in [2.05, 4.69) is 19.2 Å². The highest BCUT2D eigenvalue weighted by Gasteiger charge is 2.42. The van der Waals surface area contributed by atoms with Gasteiger partial charge in [0.15, 0.2) is 0 Å². The fraction of sp³-hybridized carbons (Fsp3) is 0.632. The number of ether oxygens (including phenoxy) is 2. The van der Waals surface area contributed by atoms with Crippen LogP contribution in [0, 0.1) is 5.92 Å². The molecule has 0 radical (unpaired) electrons. The third-order valence-electron chi connectivity index (χ3n) is 4.85. The first-order chi connectivity index (χ1) is 12.0. The molecule has 2 aliphatic heterocycles. The van der Waals surface area contributed by atoms with Crippen LogP contribution in [0.4, 0.5) is 10.5 Å². The number of carbonyl (C=O) groups excluding carboxylic acids is 1. The molecule has 2 amide bonds. The van der Waals surface area contributed by atoms with Gasteiger partial charge in [-0.05, 0) is 30.9 Å². The minimum absolute atomic E-state index is 0.117. The van der Waals surface area contributed by atoms with Crippen molar-refractivity contribution in [3.63, 3.8) is 0 Å². The molecule has 2 saturated heterocycles. The molecule has 3 rings (SSSR count). The number of para-hydroxylation sites is 2. The molecular weight excluding hydrogens is 320 g/mol. The fourth-order valence-electron chi connectivity index (χ4n) is 3.43. The van der Waals surface area contributed by atoms with E-state index in [1.54, 1.807) is 4.90 Å². The number of benzene rings is 1. The van der Waals surface area contributed by atoms with Crippen LogP contribution < -0.4 is 10.1 Å². The average molecular weight is 348 g/mol. The molecule has 2 aliphatic rings. The molecule has 1 aromatic carbocycles. The summed E-state index contributed by atoms with van der Waals surface area (Å²) in [6.45, 7) is 6.46. The van der Waals surface area contributed by atoms with Gasteiger partial charge in [0, 0.05) is 19.5 Å². The molecular formula is C19H28N2O4. The highest BCUT2D eigenvalue weighted by molar-refractivity contribution is 5.91. The van der Waals surface area contributed by atoms with E-state index in [0.717, 1.165) is 12.8 Å². The van der Waals surface area contributed by atoms with Crippen LogP contribution in [0.5, 0.6) is 5.75 Å². The smallest absolute Gasteiger partial charge is 0.321 e.